The predicted molar refractivity (Wildman–Crippen MR) is 150 cm³/mol. The Morgan fingerprint density at radius 2 is 1.74 bits per heavy atom. The molecule has 2 heterocycles. The third-order valence-electron chi connectivity index (χ3n) is 6.82. The Hall–Kier alpha value is -4.03. The molecule has 196 valence electrons. The molecule has 1 saturated heterocycles. The lowest BCUT2D eigenvalue weighted by atomic mass is 10.0. The van der Waals surface area contributed by atoms with Gasteiger partial charge >= 0.3 is 0 Å². The molecule has 0 radical (unpaired) electrons. The van der Waals surface area contributed by atoms with Gasteiger partial charge in [0.25, 0.3) is 0 Å². The molecular weight excluding hydrogens is 480 g/mol. The summed E-state index contributed by atoms with van der Waals surface area (Å²) in [6.45, 7) is 9.62. The number of hydrogen-bond donors (Lipinski definition) is 1. The third-order valence-corrected chi connectivity index (χ3v) is 6.82. The summed E-state index contributed by atoms with van der Waals surface area (Å²) in [7, 11) is 0. The molecule has 0 spiro atoms. The Kier molecular flexibility index (Phi) is 7.80. The fourth-order valence-electron chi connectivity index (χ4n) is 4.86. The number of likely N-dealkylation sites (tertiary alicyclic amines) is 1. The molecule has 0 amide bonds. The van der Waals surface area contributed by atoms with Crippen LogP contribution in [-0.4, -0.2) is 23.0 Å². The molecule has 1 fully saturated rings. The monoisotopic (exact) mass is 513 g/mol. The van der Waals surface area contributed by atoms with Crippen molar-refractivity contribution >= 4 is 5.70 Å². The minimum atomic E-state index is -0.603. The lowest BCUT2D eigenvalue weighted by molar-refractivity contribution is 0.331. The van der Waals surface area contributed by atoms with Crippen molar-refractivity contribution in [1.29, 1.82) is 0 Å². The first kappa shape index (κ1) is 25.6. The highest BCUT2D eigenvalue weighted by Gasteiger charge is 2.13. The fraction of sp³-hybridized carbons (Fsp3) is 0.219. The summed E-state index contributed by atoms with van der Waals surface area (Å²) < 4.78 is 33.3. The molecule has 1 aromatic heterocycles. The molecule has 4 aromatic rings. The lowest BCUT2D eigenvalue weighted by Gasteiger charge is -2.16. The van der Waals surface area contributed by atoms with Crippen molar-refractivity contribution in [2.24, 2.45) is 0 Å². The third kappa shape index (κ3) is 6.26. The molecule has 6 heteroatoms. The van der Waals surface area contributed by atoms with E-state index in [2.05, 4.69) is 46.0 Å². The van der Waals surface area contributed by atoms with Gasteiger partial charge in [-0.15, -0.1) is 0 Å². The fourth-order valence-corrected chi connectivity index (χ4v) is 4.86. The molecule has 3 aromatic carbocycles. The van der Waals surface area contributed by atoms with E-state index in [4.69, 9.17) is 4.74 Å². The highest BCUT2D eigenvalue weighted by Crippen LogP contribution is 2.31. The number of ether oxygens (including phenoxy) is 1. The highest BCUT2D eigenvalue weighted by molar-refractivity contribution is 5.67. The van der Waals surface area contributed by atoms with Gasteiger partial charge < -0.3 is 10.1 Å². The summed E-state index contributed by atoms with van der Waals surface area (Å²) in [5, 5.41) is 3.17. The minimum Gasteiger partial charge on any atom is -0.457 e. The molecule has 0 saturated carbocycles. The van der Waals surface area contributed by atoms with Crippen molar-refractivity contribution in [1.82, 2.24) is 15.2 Å². The normalized spacial score (nSPS) is 13.4. The van der Waals surface area contributed by atoms with Crippen LogP contribution in [0.3, 0.4) is 0 Å². The number of rotatable bonds is 9. The molecule has 0 aliphatic carbocycles. The summed E-state index contributed by atoms with van der Waals surface area (Å²) in [6, 6.07) is 21.5. The number of halogens is 2. The van der Waals surface area contributed by atoms with E-state index in [0.29, 0.717) is 22.8 Å². The van der Waals surface area contributed by atoms with Crippen LogP contribution in [0, 0.1) is 18.6 Å². The standard InChI is InChI=1S/C32H31F2N3O.H2/c1-22-30(23(2)36-20-25-16-27(33)18-28(34)17-25)9-6-10-32(22)38-29-11-12-35-31(19-29)26-8-5-7-24(15-26)21-37-13-3-4-14-37;/h5-12,15-19,36H,2-4,13-14,20-21H2,1H3;1H. The molecular formula is C32H33F2N3O. The zero-order chi connectivity index (χ0) is 26.5. The zero-order valence-corrected chi connectivity index (χ0v) is 21.5. The molecule has 0 atom stereocenters. The van der Waals surface area contributed by atoms with Crippen LogP contribution in [0.1, 0.15) is 36.5 Å². The zero-order valence-electron chi connectivity index (χ0n) is 21.5. The average Bonchev–Trinajstić information content (AvgIpc) is 3.41. The second-order valence-electron chi connectivity index (χ2n) is 9.70. The van der Waals surface area contributed by atoms with Crippen LogP contribution in [0.2, 0.25) is 0 Å². The van der Waals surface area contributed by atoms with Crippen molar-refractivity contribution in [3.63, 3.8) is 0 Å². The van der Waals surface area contributed by atoms with Crippen LogP contribution in [0.5, 0.6) is 11.5 Å². The maximum absolute atomic E-state index is 13.5. The SMILES string of the molecule is C=C(NCc1cc(F)cc(F)c1)c1cccc(Oc2ccnc(-c3cccc(CN4CCCC4)c3)c2)c1C.[HH]. The summed E-state index contributed by atoms with van der Waals surface area (Å²) >= 11 is 0. The van der Waals surface area contributed by atoms with Crippen molar-refractivity contribution < 1.29 is 14.9 Å². The van der Waals surface area contributed by atoms with Crippen LogP contribution in [0.4, 0.5) is 8.78 Å². The molecule has 4 nitrogen and oxygen atoms in total. The lowest BCUT2D eigenvalue weighted by Crippen LogP contribution is -2.18. The molecule has 0 unspecified atom stereocenters. The van der Waals surface area contributed by atoms with Crippen molar-refractivity contribution in [3.05, 3.63) is 119 Å². The molecule has 1 N–H and O–H groups in total. The van der Waals surface area contributed by atoms with E-state index in [-0.39, 0.29) is 7.97 Å². The smallest absolute Gasteiger partial charge is 0.131 e. The Bertz CT molecular complexity index is 1430. The summed E-state index contributed by atoms with van der Waals surface area (Å²) in [5.41, 5.74) is 6.11. The first-order valence-electron chi connectivity index (χ1n) is 12.9. The van der Waals surface area contributed by atoms with Gasteiger partial charge in [0, 0.05) is 55.2 Å². The summed E-state index contributed by atoms with van der Waals surface area (Å²) in [4.78, 5) is 7.07. The molecule has 1 aliphatic rings. The number of nitrogens with zero attached hydrogens (tertiary/aromatic N) is 2. The van der Waals surface area contributed by atoms with Gasteiger partial charge in [0.05, 0.1) is 5.69 Å². The second kappa shape index (κ2) is 11.6. The highest BCUT2D eigenvalue weighted by atomic mass is 19.1. The first-order chi connectivity index (χ1) is 18.4. The Morgan fingerprint density at radius 1 is 0.974 bits per heavy atom. The van der Waals surface area contributed by atoms with Gasteiger partial charge in [-0.1, -0.05) is 36.9 Å². The van der Waals surface area contributed by atoms with E-state index in [9.17, 15) is 8.78 Å². The number of aromatic nitrogens is 1. The van der Waals surface area contributed by atoms with Gasteiger partial charge in [-0.2, -0.15) is 0 Å². The van der Waals surface area contributed by atoms with E-state index in [1.54, 1.807) is 6.20 Å². The van der Waals surface area contributed by atoms with E-state index in [1.165, 1.54) is 30.5 Å². The van der Waals surface area contributed by atoms with Gasteiger partial charge in [0.1, 0.15) is 23.1 Å². The van der Waals surface area contributed by atoms with Crippen molar-refractivity contribution in [2.75, 3.05) is 13.1 Å². The van der Waals surface area contributed by atoms with Gasteiger partial charge in [0.15, 0.2) is 0 Å². The Morgan fingerprint density at radius 3 is 2.53 bits per heavy atom. The van der Waals surface area contributed by atoms with Crippen LogP contribution in [0.15, 0.2) is 85.6 Å². The Balaban J connectivity index is 0.00000353. The summed E-state index contributed by atoms with van der Waals surface area (Å²) in [5.74, 6) is 0.180. The van der Waals surface area contributed by atoms with Gasteiger partial charge in [-0.05, 0) is 74.3 Å². The van der Waals surface area contributed by atoms with Crippen LogP contribution in [0.25, 0.3) is 17.0 Å². The van der Waals surface area contributed by atoms with Crippen LogP contribution in [-0.2, 0) is 13.1 Å². The van der Waals surface area contributed by atoms with Gasteiger partial charge in [-0.25, -0.2) is 8.78 Å². The van der Waals surface area contributed by atoms with Gasteiger partial charge in [-0.3, -0.25) is 9.88 Å². The van der Waals surface area contributed by atoms with Crippen molar-refractivity contribution in [2.45, 2.75) is 32.9 Å². The number of nitrogens with one attached hydrogen (secondary N) is 1. The topological polar surface area (TPSA) is 37.4 Å². The van der Waals surface area contributed by atoms with Gasteiger partial charge in [0.2, 0.25) is 0 Å². The number of pyridine rings is 1. The van der Waals surface area contributed by atoms with Crippen LogP contribution < -0.4 is 10.1 Å². The average molecular weight is 514 g/mol. The second-order valence-corrected chi connectivity index (χ2v) is 9.70. The minimum absolute atomic E-state index is 0. The molecule has 38 heavy (non-hydrogen) atoms. The van der Waals surface area contributed by atoms with Crippen LogP contribution >= 0.6 is 0 Å². The van der Waals surface area contributed by atoms with E-state index in [0.717, 1.165) is 48.1 Å². The van der Waals surface area contributed by atoms with E-state index in [1.807, 2.05) is 37.3 Å². The maximum Gasteiger partial charge on any atom is 0.131 e. The molecule has 1 aliphatic heterocycles. The largest absolute Gasteiger partial charge is 0.457 e. The molecule has 0 bridgehead atoms. The number of benzene rings is 3. The number of hydrogen-bond acceptors (Lipinski definition) is 4. The van der Waals surface area contributed by atoms with E-state index < -0.39 is 11.6 Å². The molecule has 5 rings (SSSR count). The van der Waals surface area contributed by atoms with E-state index >= 15 is 0 Å². The maximum atomic E-state index is 13.5. The quantitative estimate of drug-likeness (QED) is 0.249. The first-order valence-corrected chi connectivity index (χ1v) is 12.9. The Labute approximate surface area is 224 Å². The van der Waals surface area contributed by atoms with Crippen molar-refractivity contribution in [3.8, 4) is 22.8 Å². The summed E-state index contributed by atoms with van der Waals surface area (Å²) in [6.07, 6.45) is 4.31. The predicted octanol–water partition coefficient (Wildman–Crippen LogP) is 7.73.